The number of hydrogen-bond acceptors (Lipinski definition) is 5. The van der Waals surface area contributed by atoms with E-state index in [0.29, 0.717) is 6.61 Å². The summed E-state index contributed by atoms with van der Waals surface area (Å²) >= 11 is 0. The molecule has 0 aromatic heterocycles. The Bertz CT molecular complexity index is 752. The van der Waals surface area contributed by atoms with Gasteiger partial charge in [0.1, 0.15) is 18.1 Å². The highest BCUT2D eigenvalue weighted by Gasteiger charge is 2.22. The van der Waals surface area contributed by atoms with Crippen molar-refractivity contribution >= 4 is 11.6 Å². The normalized spacial score (nSPS) is 14.6. The third kappa shape index (κ3) is 5.16. The summed E-state index contributed by atoms with van der Waals surface area (Å²) in [5.74, 6) is 1.78. The molecule has 0 atom stereocenters. The van der Waals surface area contributed by atoms with E-state index >= 15 is 0 Å². The molecule has 3 rings (SSSR count). The van der Waals surface area contributed by atoms with Crippen LogP contribution in [0.2, 0.25) is 0 Å². The van der Waals surface area contributed by atoms with Crippen molar-refractivity contribution in [3.63, 3.8) is 0 Å². The summed E-state index contributed by atoms with van der Waals surface area (Å²) in [6, 6.07) is 15.4. The van der Waals surface area contributed by atoms with Crippen LogP contribution in [0.5, 0.6) is 11.5 Å². The zero-order valence-corrected chi connectivity index (χ0v) is 16.9. The zero-order valence-electron chi connectivity index (χ0n) is 16.9. The predicted octanol–water partition coefficient (Wildman–Crippen LogP) is 2.60. The molecule has 0 spiro atoms. The van der Waals surface area contributed by atoms with Gasteiger partial charge in [0.05, 0.1) is 7.11 Å². The molecular formula is C22H29N3O3. The van der Waals surface area contributed by atoms with Crippen molar-refractivity contribution in [1.29, 1.82) is 0 Å². The molecule has 6 heteroatoms. The number of amides is 1. The van der Waals surface area contributed by atoms with Crippen LogP contribution in [0.25, 0.3) is 0 Å². The molecule has 1 aliphatic heterocycles. The van der Waals surface area contributed by atoms with Crippen LogP contribution in [-0.4, -0.2) is 76.2 Å². The Morgan fingerprint density at radius 2 is 1.54 bits per heavy atom. The Kier molecular flexibility index (Phi) is 6.76. The molecule has 1 amide bonds. The first-order valence-electron chi connectivity index (χ1n) is 9.62. The third-order valence-corrected chi connectivity index (χ3v) is 5.03. The summed E-state index contributed by atoms with van der Waals surface area (Å²) in [6.45, 7) is 4.71. The van der Waals surface area contributed by atoms with E-state index in [9.17, 15) is 4.79 Å². The van der Waals surface area contributed by atoms with Crippen LogP contribution in [-0.2, 0) is 0 Å². The number of carbonyl (C=O) groups excluding carboxylic acids is 1. The number of methoxy groups -OCH3 is 1. The Hall–Kier alpha value is -2.73. The van der Waals surface area contributed by atoms with Crippen molar-refractivity contribution in [2.45, 2.75) is 0 Å². The van der Waals surface area contributed by atoms with Gasteiger partial charge in [0.25, 0.3) is 5.91 Å². The number of benzene rings is 2. The molecule has 0 bridgehead atoms. The molecule has 28 heavy (non-hydrogen) atoms. The standard InChI is InChI=1S/C22H29N3O3/c1-23(2)19-6-4-18(5-7-19)22(26)25-14-12-24(13-15-25)16-17-28-21-10-8-20(27-3)9-11-21/h4-11H,12-17H2,1-3H3. The van der Waals surface area contributed by atoms with Crippen molar-refractivity contribution in [2.75, 3.05) is 65.4 Å². The molecule has 6 nitrogen and oxygen atoms in total. The molecule has 1 aliphatic rings. The molecule has 1 fully saturated rings. The maximum absolute atomic E-state index is 12.7. The fraction of sp³-hybridized carbons (Fsp3) is 0.409. The lowest BCUT2D eigenvalue weighted by molar-refractivity contribution is 0.0620. The van der Waals surface area contributed by atoms with Crippen LogP contribution in [0.15, 0.2) is 48.5 Å². The van der Waals surface area contributed by atoms with Gasteiger partial charge in [-0.1, -0.05) is 0 Å². The molecule has 0 unspecified atom stereocenters. The molecule has 0 radical (unpaired) electrons. The smallest absolute Gasteiger partial charge is 0.253 e. The number of carbonyl (C=O) groups is 1. The zero-order chi connectivity index (χ0) is 19.9. The fourth-order valence-corrected chi connectivity index (χ4v) is 3.22. The lowest BCUT2D eigenvalue weighted by Crippen LogP contribution is -2.49. The summed E-state index contributed by atoms with van der Waals surface area (Å²) in [5, 5.41) is 0. The average Bonchev–Trinajstić information content (AvgIpc) is 2.74. The second-order valence-corrected chi connectivity index (χ2v) is 7.10. The van der Waals surface area contributed by atoms with Gasteiger partial charge in [-0.05, 0) is 48.5 Å². The minimum atomic E-state index is 0.111. The van der Waals surface area contributed by atoms with E-state index < -0.39 is 0 Å². The van der Waals surface area contributed by atoms with Crippen molar-refractivity contribution in [3.8, 4) is 11.5 Å². The van der Waals surface area contributed by atoms with Gasteiger partial charge < -0.3 is 19.3 Å². The minimum Gasteiger partial charge on any atom is -0.497 e. The average molecular weight is 383 g/mol. The lowest BCUT2D eigenvalue weighted by atomic mass is 10.1. The van der Waals surface area contributed by atoms with E-state index in [-0.39, 0.29) is 5.91 Å². The van der Waals surface area contributed by atoms with Crippen LogP contribution in [0, 0.1) is 0 Å². The van der Waals surface area contributed by atoms with E-state index in [4.69, 9.17) is 9.47 Å². The van der Waals surface area contributed by atoms with Crippen LogP contribution in [0.3, 0.4) is 0 Å². The lowest BCUT2D eigenvalue weighted by Gasteiger charge is -2.34. The summed E-state index contributed by atoms with van der Waals surface area (Å²) in [6.07, 6.45) is 0. The summed E-state index contributed by atoms with van der Waals surface area (Å²) in [7, 11) is 5.64. The highest BCUT2D eigenvalue weighted by atomic mass is 16.5. The van der Waals surface area contributed by atoms with Crippen molar-refractivity contribution in [3.05, 3.63) is 54.1 Å². The largest absolute Gasteiger partial charge is 0.497 e. The van der Waals surface area contributed by atoms with Gasteiger partial charge in [-0.25, -0.2) is 0 Å². The molecular weight excluding hydrogens is 354 g/mol. The molecule has 0 aliphatic carbocycles. The Morgan fingerprint density at radius 1 is 0.929 bits per heavy atom. The number of rotatable bonds is 7. The number of hydrogen-bond donors (Lipinski definition) is 0. The number of anilines is 1. The third-order valence-electron chi connectivity index (χ3n) is 5.03. The van der Waals surface area contributed by atoms with Crippen LogP contribution in [0.1, 0.15) is 10.4 Å². The predicted molar refractivity (Wildman–Crippen MR) is 112 cm³/mol. The van der Waals surface area contributed by atoms with E-state index in [1.165, 1.54) is 0 Å². The fourth-order valence-electron chi connectivity index (χ4n) is 3.22. The number of piperazine rings is 1. The number of nitrogens with zero attached hydrogens (tertiary/aromatic N) is 3. The van der Waals surface area contributed by atoms with Crippen LogP contribution in [0.4, 0.5) is 5.69 Å². The first-order chi connectivity index (χ1) is 13.6. The molecule has 150 valence electrons. The van der Waals surface area contributed by atoms with E-state index in [1.54, 1.807) is 7.11 Å². The molecule has 1 heterocycles. The number of ether oxygens (including phenoxy) is 2. The topological polar surface area (TPSA) is 45.3 Å². The Balaban J connectivity index is 1.41. The van der Waals surface area contributed by atoms with Gasteiger partial charge in [-0.15, -0.1) is 0 Å². The molecule has 2 aromatic carbocycles. The van der Waals surface area contributed by atoms with Crippen molar-refractivity contribution < 1.29 is 14.3 Å². The van der Waals surface area contributed by atoms with Gasteiger partial charge in [0, 0.05) is 58.1 Å². The maximum Gasteiger partial charge on any atom is 0.253 e. The van der Waals surface area contributed by atoms with Gasteiger partial charge in [0.15, 0.2) is 0 Å². The molecule has 0 saturated carbocycles. The van der Waals surface area contributed by atoms with Gasteiger partial charge in [0.2, 0.25) is 0 Å². The van der Waals surface area contributed by atoms with E-state index in [2.05, 4.69) is 4.90 Å². The first kappa shape index (κ1) is 20.0. The maximum atomic E-state index is 12.7. The second-order valence-electron chi connectivity index (χ2n) is 7.10. The Morgan fingerprint density at radius 3 is 2.11 bits per heavy atom. The van der Waals surface area contributed by atoms with Gasteiger partial charge in [-0.3, -0.25) is 9.69 Å². The first-order valence-corrected chi connectivity index (χ1v) is 9.62. The highest BCUT2D eigenvalue weighted by molar-refractivity contribution is 5.94. The van der Waals surface area contributed by atoms with Crippen molar-refractivity contribution in [2.24, 2.45) is 0 Å². The Labute approximate surface area is 167 Å². The quantitative estimate of drug-likeness (QED) is 0.735. The van der Waals surface area contributed by atoms with Crippen LogP contribution >= 0.6 is 0 Å². The summed E-state index contributed by atoms with van der Waals surface area (Å²) < 4.78 is 10.9. The highest BCUT2D eigenvalue weighted by Crippen LogP contribution is 2.17. The minimum absolute atomic E-state index is 0.111. The monoisotopic (exact) mass is 383 g/mol. The second kappa shape index (κ2) is 9.46. The van der Waals surface area contributed by atoms with Crippen molar-refractivity contribution in [1.82, 2.24) is 9.80 Å². The summed E-state index contributed by atoms with van der Waals surface area (Å²) in [4.78, 5) is 19.0. The summed E-state index contributed by atoms with van der Waals surface area (Å²) in [5.41, 5.74) is 1.85. The van der Waals surface area contributed by atoms with Crippen LogP contribution < -0.4 is 14.4 Å². The van der Waals surface area contributed by atoms with Gasteiger partial charge in [-0.2, -0.15) is 0 Å². The molecule has 1 saturated heterocycles. The SMILES string of the molecule is COc1ccc(OCCN2CCN(C(=O)c3ccc(N(C)C)cc3)CC2)cc1. The van der Waals surface area contributed by atoms with Gasteiger partial charge >= 0.3 is 0 Å². The molecule has 2 aromatic rings. The van der Waals surface area contributed by atoms with E-state index in [0.717, 1.165) is 55.5 Å². The van der Waals surface area contributed by atoms with E-state index in [1.807, 2.05) is 72.4 Å². The molecule has 0 N–H and O–H groups in total.